The molecule has 0 spiro atoms. The van der Waals surface area contributed by atoms with Crippen molar-refractivity contribution in [3.63, 3.8) is 0 Å². The van der Waals surface area contributed by atoms with Gasteiger partial charge in [0.25, 0.3) is 0 Å². The molecule has 2 aromatic heterocycles. The molecule has 2 unspecified atom stereocenters. The zero-order valence-electron chi connectivity index (χ0n) is 20.2. The average molecular weight is 471 g/mol. The van der Waals surface area contributed by atoms with Crippen LogP contribution in [0.3, 0.4) is 0 Å². The van der Waals surface area contributed by atoms with Gasteiger partial charge in [-0.25, -0.2) is 14.2 Å². The number of hydrogen-bond donors (Lipinski definition) is 1. The smallest absolute Gasteiger partial charge is 0.410 e. The molecule has 1 N–H and O–H groups in total. The summed E-state index contributed by atoms with van der Waals surface area (Å²) in [4.78, 5) is 18.9. The number of carbonyl (C=O) groups is 1. The number of methoxy groups -OCH3 is 1. The molecule has 3 heterocycles. The predicted octanol–water partition coefficient (Wildman–Crippen LogP) is 4.35. The fraction of sp³-hybridized carbons (Fsp3) is 0.480. The highest BCUT2D eigenvalue weighted by atomic mass is 19.1. The van der Waals surface area contributed by atoms with Crippen LogP contribution in [0.5, 0.6) is 5.88 Å². The number of aliphatic hydroxyl groups excluding tert-OH is 1. The van der Waals surface area contributed by atoms with Crippen molar-refractivity contribution >= 4 is 17.0 Å². The maximum Gasteiger partial charge on any atom is 0.410 e. The fourth-order valence-electron chi connectivity index (χ4n) is 4.48. The largest absolute Gasteiger partial charge is 0.481 e. The second-order valence-corrected chi connectivity index (χ2v) is 9.55. The third kappa shape index (κ3) is 4.57. The van der Waals surface area contributed by atoms with Crippen LogP contribution in [0.25, 0.3) is 22.2 Å². The molecule has 1 aromatic carbocycles. The summed E-state index contributed by atoms with van der Waals surface area (Å²) >= 11 is 0. The van der Waals surface area contributed by atoms with E-state index in [1.54, 1.807) is 9.58 Å². The van der Waals surface area contributed by atoms with E-state index in [1.807, 2.05) is 45.9 Å². The Labute approximate surface area is 198 Å². The van der Waals surface area contributed by atoms with Crippen molar-refractivity contribution in [2.24, 2.45) is 0 Å². The highest BCUT2D eigenvalue weighted by Gasteiger charge is 2.39. The number of hydrogen-bond acceptors (Lipinski definition) is 6. The van der Waals surface area contributed by atoms with E-state index in [0.29, 0.717) is 47.6 Å². The lowest BCUT2D eigenvalue weighted by Gasteiger charge is -2.27. The van der Waals surface area contributed by atoms with Crippen molar-refractivity contribution in [2.75, 3.05) is 20.3 Å². The monoisotopic (exact) mass is 470 g/mol. The predicted molar refractivity (Wildman–Crippen MR) is 126 cm³/mol. The van der Waals surface area contributed by atoms with Gasteiger partial charge in [-0.2, -0.15) is 5.10 Å². The summed E-state index contributed by atoms with van der Waals surface area (Å²) in [6.45, 7) is 8.24. The van der Waals surface area contributed by atoms with E-state index in [-0.39, 0.29) is 24.4 Å². The normalized spacial score (nSPS) is 18.5. The maximum absolute atomic E-state index is 14.7. The third-order valence-corrected chi connectivity index (χ3v) is 6.08. The number of ether oxygens (including phenoxy) is 2. The van der Waals surface area contributed by atoms with E-state index in [2.05, 4.69) is 10.1 Å². The minimum Gasteiger partial charge on any atom is -0.481 e. The van der Waals surface area contributed by atoms with Crippen molar-refractivity contribution < 1.29 is 23.8 Å². The van der Waals surface area contributed by atoms with Gasteiger partial charge in [-0.15, -0.1) is 0 Å². The van der Waals surface area contributed by atoms with Gasteiger partial charge < -0.3 is 19.5 Å². The van der Waals surface area contributed by atoms with Gasteiger partial charge in [0.2, 0.25) is 5.88 Å². The summed E-state index contributed by atoms with van der Waals surface area (Å²) in [5, 5.41) is 14.6. The summed E-state index contributed by atoms with van der Waals surface area (Å²) < 4.78 is 27.6. The lowest BCUT2D eigenvalue weighted by atomic mass is 9.96. The average Bonchev–Trinajstić information content (AvgIpc) is 3.42. The lowest BCUT2D eigenvalue weighted by Crippen LogP contribution is -2.41. The molecule has 1 aliphatic rings. The van der Waals surface area contributed by atoms with E-state index in [9.17, 15) is 14.3 Å². The van der Waals surface area contributed by atoms with Gasteiger partial charge in [0, 0.05) is 30.1 Å². The molecule has 1 aliphatic heterocycles. The van der Waals surface area contributed by atoms with Crippen LogP contribution in [-0.4, -0.2) is 62.8 Å². The summed E-state index contributed by atoms with van der Waals surface area (Å²) in [6, 6.07) is 6.70. The molecule has 1 saturated heterocycles. The van der Waals surface area contributed by atoms with Crippen LogP contribution in [0.1, 0.15) is 45.6 Å². The molecule has 2 atom stereocenters. The number of halogens is 1. The molecule has 0 saturated carbocycles. The van der Waals surface area contributed by atoms with Gasteiger partial charge in [0.1, 0.15) is 11.4 Å². The Bertz CT molecular complexity index is 1200. The number of rotatable bonds is 5. The Morgan fingerprint density at radius 3 is 2.71 bits per heavy atom. The highest BCUT2D eigenvalue weighted by Crippen LogP contribution is 2.38. The molecule has 0 aliphatic carbocycles. The number of pyridine rings is 1. The number of likely N-dealkylation sites (tertiary alicyclic amines) is 1. The number of carbonyl (C=O) groups excluding carboxylic acids is 1. The van der Waals surface area contributed by atoms with Crippen molar-refractivity contribution in [3.05, 3.63) is 41.8 Å². The van der Waals surface area contributed by atoms with Crippen LogP contribution < -0.4 is 4.74 Å². The minimum absolute atomic E-state index is 0.0816. The van der Waals surface area contributed by atoms with Gasteiger partial charge in [0.05, 0.1) is 42.6 Å². The molecule has 3 aromatic rings. The zero-order chi connectivity index (χ0) is 24.6. The van der Waals surface area contributed by atoms with Crippen LogP contribution in [0, 0.1) is 5.82 Å². The quantitative estimate of drug-likeness (QED) is 0.596. The van der Waals surface area contributed by atoms with Gasteiger partial charge >= 0.3 is 6.09 Å². The van der Waals surface area contributed by atoms with Crippen molar-refractivity contribution in [1.82, 2.24) is 19.7 Å². The van der Waals surface area contributed by atoms with E-state index < -0.39 is 11.7 Å². The Hall–Kier alpha value is -3.20. The van der Waals surface area contributed by atoms with Crippen LogP contribution in [0.4, 0.5) is 9.18 Å². The Morgan fingerprint density at radius 1 is 1.29 bits per heavy atom. The standard InChI is InChI=1S/C25H31FN4O4/c1-6-30-22-11-15(10-20(26)19(22)12-27-30)21-8-7-18(23(28-21)33-5)16-9-17(14-31)29(13-16)24(32)34-25(2,3)4/h7-8,10-12,16-17,31H,6,9,13-14H2,1-5H3. The fourth-order valence-corrected chi connectivity index (χ4v) is 4.48. The van der Waals surface area contributed by atoms with Gasteiger partial charge in [-0.05, 0) is 52.3 Å². The second kappa shape index (κ2) is 9.21. The first kappa shape index (κ1) is 23.9. The maximum atomic E-state index is 14.7. The number of aromatic nitrogens is 3. The summed E-state index contributed by atoms with van der Waals surface area (Å²) in [5.41, 5.74) is 2.11. The summed E-state index contributed by atoms with van der Waals surface area (Å²) in [6.07, 6.45) is 1.64. The molecule has 8 nitrogen and oxygen atoms in total. The molecule has 1 fully saturated rings. The van der Waals surface area contributed by atoms with Crippen molar-refractivity contribution in [3.8, 4) is 17.1 Å². The van der Waals surface area contributed by atoms with Crippen LogP contribution >= 0.6 is 0 Å². The van der Waals surface area contributed by atoms with Gasteiger partial charge in [-0.1, -0.05) is 6.07 Å². The first-order chi connectivity index (χ1) is 16.1. The number of aliphatic hydroxyl groups is 1. The number of benzene rings is 1. The van der Waals surface area contributed by atoms with E-state index in [0.717, 1.165) is 5.56 Å². The number of amides is 1. The SMILES string of the molecule is CCn1ncc2c(F)cc(-c3ccc(C4CC(CO)N(C(=O)OC(C)(C)C)C4)c(OC)n3)cc21. The Kier molecular flexibility index (Phi) is 6.49. The molecule has 9 heteroatoms. The third-order valence-electron chi connectivity index (χ3n) is 6.08. The summed E-state index contributed by atoms with van der Waals surface area (Å²) in [7, 11) is 1.54. The summed E-state index contributed by atoms with van der Waals surface area (Å²) in [5.74, 6) is -0.0248. The Morgan fingerprint density at radius 2 is 2.06 bits per heavy atom. The van der Waals surface area contributed by atoms with E-state index in [1.165, 1.54) is 19.4 Å². The number of fused-ring (bicyclic) bond motifs is 1. The minimum atomic E-state index is -0.625. The number of aryl methyl sites for hydroxylation is 1. The van der Waals surface area contributed by atoms with Crippen molar-refractivity contribution in [2.45, 2.75) is 58.2 Å². The molecule has 4 rings (SSSR count). The molecule has 182 valence electrons. The van der Waals surface area contributed by atoms with E-state index in [4.69, 9.17) is 9.47 Å². The lowest BCUT2D eigenvalue weighted by molar-refractivity contribution is 0.0174. The Balaban J connectivity index is 1.64. The van der Waals surface area contributed by atoms with Gasteiger partial charge in [-0.3, -0.25) is 4.68 Å². The van der Waals surface area contributed by atoms with Crippen molar-refractivity contribution in [1.29, 1.82) is 0 Å². The second-order valence-electron chi connectivity index (χ2n) is 9.55. The van der Waals surface area contributed by atoms with Gasteiger partial charge in [0.15, 0.2) is 0 Å². The number of nitrogens with zero attached hydrogens (tertiary/aromatic N) is 4. The van der Waals surface area contributed by atoms with E-state index >= 15 is 0 Å². The first-order valence-electron chi connectivity index (χ1n) is 11.5. The molecule has 1 amide bonds. The topological polar surface area (TPSA) is 89.7 Å². The molecule has 0 radical (unpaired) electrons. The highest BCUT2D eigenvalue weighted by molar-refractivity contribution is 5.84. The zero-order valence-corrected chi connectivity index (χ0v) is 20.2. The molecule has 0 bridgehead atoms. The molecular formula is C25H31FN4O4. The van der Waals surface area contributed by atoms with Crippen LogP contribution in [-0.2, 0) is 11.3 Å². The first-order valence-corrected chi connectivity index (χ1v) is 11.5. The molecule has 34 heavy (non-hydrogen) atoms. The van der Waals surface area contributed by atoms with Crippen LogP contribution in [0.15, 0.2) is 30.5 Å². The molecular weight excluding hydrogens is 439 g/mol. The van der Waals surface area contributed by atoms with Crippen LogP contribution in [0.2, 0.25) is 0 Å².